The average Bonchev–Trinajstić information content (AvgIpc) is 3.11. The molecule has 0 fully saturated rings. The molecule has 0 atom stereocenters. The molecule has 2 heterocycles. The lowest BCUT2D eigenvalue weighted by Gasteiger charge is -2.22. The van der Waals surface area contributed by atoms with Crippen molar-refractivity contribution in [1.82, 2.24) is 0 Å². The van der Waals surface area contributed by atoms with E-state index in [1.807, 2.05) is 0 Å². The van der Waals surface area contributed by atoms with Gasteiger partial charge in [0, 0.05) is 0 Å². The Balaban J connectivity index is 1.62. The van der Waals surface area contributed by atoms with Crippen molar-refractivity contribution < 1.29 is 47.4 Å². The summed E-state index contributed by atoms with van der Waals surface area (Å²) in [5.74, 6) is 2.85. The number of aryl methyl sites for hydroxylation is 2. The van der Waals surface area contributed by atoms with Gasteiger partial charge in [0.15, 0.2) is 23.0 Å². The predicted molar refractivity (Wildman–Crippen MR) is 186 cm³/mol. The van der Waals surface area contributed by atoms with Crippen molar-refractivity contribution in [2.24, 2.45) is 0 Å². The fourth-order valence-electron chi connectivity index (χ4n) is 6.03. The molecule has 0 aliphatic carbocycles. The maximum Gasteiger partial charge on any atom is 0.161 e. The molecule has 10 heteroatoms. The van der Waals surface area contributed by atoms with Crippen molar-refractivity contribution >= 4 is 21.5 Å². The van der Waals surface area contributed by atoms with Crippen LogP contribution >= 0.6 is 0 Å². The molecule has 48 heavy (non-hydrogen) atoms. The monoisotopic (exact) mass is 670 g/mol. The van der Waals surface area contributed by atoms with Crippen molar-refractivity contribution in [2.45, 2.75) is 52.4 Å². The van der Waals surface area contributed by atoms with Crippen molar-refractivity contribution in [1.29, 1.82) is 0 Å². The first kappa shape index (κ1) is 36.4. The summed E-state index contributed by atoms with van der Waals surface area (Å²) in [4.78, 5) is 0. The predicted octanol–water partition coefficient (Wildman–Crippen LogP) is 6.32. The van der Waals surface area contributed by atoms with Crippen LogP contribution in [0.5, 0.6) is 23.0 Å². The van der Waals surface area contributed by atoms with Gasteiger partial charge in [0.2, 0.25) is 0 Å². The van der Waals surface area contributed by atoms with Gasteiger partial charge in [-0.3, -0.25) is 0 Å². The van der Waals surface area contributed by atoms with Gasteiger partial charge >= 0.3 is 0 Å². The minimum absolute atomic E-state index is 0.412. The van der Waals surface area contributed by atoms with Gasteiger partial charge in [0.05, 0.1) is 79.3 Å². The normalized spacial score (nSPS) is 18.4. The molecule has 2 aliphatic heterocycles. The third-order valence-electron chi connectivity index (χ3n) is 8.46. The molecule has 3 aromatic carbocycles. The van der Waals surface area contributed by atoms with E-state index in [0.29, 0.717) is 129 Å². The van der Waals surface area contributed by atoms with E-state index in [9.17, 15) is 0 Å². The maximum absolute atomic E-state index is 6.35. The van der Waals surface area contributed by atoms with Crippen molar-refractivity contribution in [3.63, 3.8) is 0 Å². The van der Waals surface area contributed by atoms with Crippen LogP contribution in [0.1, 0.15) is 50.7 Å². The van der Waals surface area contributed by atoms with E-state index in [0.717, 1.165) is 38.5 Å². The van der Waals surface area contributed by atoms with Gasteiger partial charge in [0.25, 0.3) is 0 Å². The summed E-state index contributed by atoms with van der Waals surface area (Å²) in [6, 6.07) is 8.69. The number of rotatable bonds is 6. The summed E-state index contributed by atoms with van der Waals surface area (Å²) >= 11 is 0. The van der Waals surface area contributed by atoms with Crippen molar-refractivity contribution in [3.8, 4) is 23.0 Å². The van der Waals surface area contributed by atoms with E-state index in [1.165, 1.54) is 32.7 Å². The second-order valence-corrected chi connectivity index (χ2v) is 11.9. The Morgan fingerprint density at radius 1 is 0.354 bits per heavy atom. The number of benzene rings is 3. The lowest BCUT2D eigenvalue weighted by Crippen LogP contribution is -2.13. The minimum Gasteiger partial charge on any atom is -0.487 e. The molecule has 0 saturated carbocycles. The highest BCUT2D eigenvalue weighted by Crippen LogP contribution is 2.44. The van der Waals surface area contributed by atoms with Crippen LogP contribution in [0.3, 0.4) is 0 Å². The zero-order chi connectivity index (χ0) is 33.2. The van der Waals surface area contributed by atoms with Gasteiger partial charge in [-0.1, -0.05) is 26.7 Å². The number of hydrogen-bond donors (Lipinski definition) is 0. The quantitative estimate of drug-likeness (QED) is 0.278. The van der Waals surface area contributed by atoms with Gasteiger partial charge < -0.3 is 47.4 Å². The molecule has 2 aliphatic rings. The summed E-state index contributed by atoms with van der Waals surface area (Å²) in [6.07, 6.45) is 6.12. The number of unbranched alkanes of at least 4 members (excludes halogenated alkanes) is 2. The molecule has 266 valence electrons. The number of hydrogen-bond acceptors (Lipinski definition) is 10. The highest BCUT2D eigenvalue weighted by atomic mass is 16.6. The summed E-state index contributed by atoms with van der Waals surface area (Å²) in [7, 11) is 0. The van der Waals surface area contributed by atoms with Crippen LogP contribution in [-0.4, -0.2) is 106 Å². The van der Waals surface area contributed by atoms with Gasteiger partial charge in [-0.2, -0.15) is 0 Å². The van der Waals surface area contributed by atoms with Gasteiger partial charge in [-0.15, -0.1) is 0 Å². The first-order chi connectivity index (χ1) is 23.8. The van der Waals surface area contributed by atoms with Crippen molar-refractivity contribution in [3.05, 3.63) is 35.4 Å². The second kappa shape index (κ2) is 20.6. The highest BCUT2D eigenvalue weighted by molar-refractivity contribution is 6.08. The molecule has 0 unspecified atom stereocenters. The van der Waals surface area contributed by atoms with Crippen LogP contribution in [0.2, 0.25) is 0 Å². The molecular weight excluding hydrogens is 616 g/mol. The molecule has 5 rings (SSSR count). The first-order valence-corrected chi connectivity index (χ1v) is 17.9. The smallest absolute Gasteiger partial charge is 0.161 e. The largest absolute Gasteiger partial charge is 0.487 e. The van der Waals surface area contributed by atoms with E-state index in [1.54, 1.807) is 0 Å². The van der Waals surface area contributed by atoms with Gasteiger partial charge in [-0.05, 0) is 82.6 Å². The summed E-state index contributed by atoms with van der Waals surface area (Å²) in [6.45, 7) is 12.2. The van der Waals surface area contributed by atoms with E-state index in [2.05, 4.69) is 38.1 Å². The van der Waals surface area contributed by atoms with E-state index >= 15 is 0 Å². The summed E-state index contributed by atoms with van der Waals surface area (Å²) in [5, 5.41) is 4.73. The minimum atomic E-state index is 0.412. The van der Waals surface area contributed by atoms with E-state index in [4.69, 9.17) is 47.4 Å². The van der Waals surface area contributed by atoms with Crippen LogP contribution in [-0.2, 0) is 41.3 Å². The van der Waals surface area contributed by atoms with E-state index < -0.39 is 0 Å². The molecule has 3 aromatic rings. The zero-order valence-corrected chi connectivity index (χ0v) is 28.9. The molecule has 10 nitrogen and oxygen atoms in total. The molecular formula is C38H54O10. The zero-order valence-electron chi connectivity index (χ0n) is 28.9. The Kier molecular flexibility index (Phi) is 15.6. The van der Waals surface area contributed by atoms with Crippen molar-refractivity contribution in [2.75, 3.05) is 106 Å². The molecule has 0 radical (unpaired) electrons. The molecule has 0 aromatic heterocycles. The molecule has 0 bridgehead atoms. The van der Waals surface area contributed by atoms with Crippen LogP contribution in [0.15, 0.2) is 24.3 Å². The second-order valence-electron chi connectivity index (χ2n) is 11.9. The summed E-state index contributed by atoms with van der Waals surface area (Å²) < 4.78 is 59.6. The van der Waals surface area contributed by atoms with Gasteiger partial charge in [-0.25, -0.2) is 0 Å². The standard InChI is InChI=1S/C38H54O10/c1-3-5-7-29-31-25-35-37(47-23-19-43-15-11-39-9-13-41-17-21-45-35)27-33(31)30(8-6-4-2)34-28-38-36(26-32(29)34)46-22-18-42-14-10-40-12-16-44-20-24-48-38/h25-28H,3-24H2,1-2H3. The first-order valence-electron chi connectivity index (χ1n) is 17.9. The number of ether oxygens (including phenoxy) is 10. The Bertz CT molecular complexity index is 1200. The average molecular weight is 671 g/mol. The third-order valence-corrected chi connectivity index (χ3v) is 8.46. The van der Waals surface area contributed by atoms with Gasteiger partial charge in [0.1, 0.15) is 26.4 Å². The SMILES string of the molecule is CCCCc1c2cc3c(cc2c(CCCC)c2cc4c(cc12)OCCOCCOCCOCCO4)OCCOCCOCCOCCO3. The van der Waals surface area contributed by atoms with Crippen LogP contribution in [0, 0.1) is 0 Å². The fourth-order valence-corrected chi connectivity index (χ4v) is 6.03. The highest BCUT2D eigenvalue weighted by Gasteiger charge is 2.21. The molecule has 0 spiro atoms. The van der Waals surface area contributed by atoms with E-state index in [-0.39, 0.29) is 0 Å². The lowest BCUT2D eigenvalue weighted by atomic mass is 9.87. The Labute approximate surface area is 285 Å². The summed E-state index contributed by atoms with van der Waals surface area (Å²) in [5.41, 5.74) is 2.56. The maximum atomic E-state index is 6.35. The fraction of sp³-hybridized carbons (Fsp3) is 0.632. The third kappa shape index (κ3) is 10.6. The van der Waals surface area contributed by atoms with Crippen LogP contribution in [0.4, 0.5) is 0 Å². The molecule has 0 N–H and O–H groups in total. The lowest BCUT2D eigenvalue weighted by molar-refractivity contribution is 0.00708. The Hall–Kier alpha value is -2.86. The molecule has 0 amide bonds. The molecule has 0 saturated heterocycles. The topological polar surface area (TPSA) is 92.3 Å². The van der Waals surface area contributed by atoms with Crippen LogP contribution < -0.4 is 18.9 Å². The Morgan fingerprint density at radius 3 is 0.812 bits per heavy atom. The number of fused-ring (bicyclic) bond motifs is 4. The Morgan fingerprint density at radius 2 is 0.583 bits per heavy atom. The van der Waals surface area contributed by atoms with Crippen LogP contribution in [0.25, 0.3) is 21.5 Å².